The molecule has 0 unspecified atom stereocenters. The Kier molecular flexibility index (Phi) is 6.80. The summed E-state index contributed by atoms with van der Waals surface area (Å²) in [6.07, 6.45) is 6.04. The summed E-state index contributed by atoms with van der Waals surface area (Å²) in [5.74, 6) is -0.151. The van der Waals surface area contributed by atoms with E-state index in [-0.39, 0.29) is 16.8 Å². The lowest BCUT2D eigenvalue weighted by atomic mass is 10.1. The van der Waals surface area contributed by atoms with Gasteiger partial charge in [-0.2, -0.15) is 4.31 Å². The van der Waals surface area contributed by atoms with Gasteiger partial charge >= 0.3 is 0 Å². The second-order valence-electron chi connectivity index (χ2n) is 6.45. The Labute approximate surface area is 145 Å². The number of carbonyl (C=O) groups is 1. The normalized spacial score (nSPS) is 19.2. The molecule has 0 spiro atoms. The molecule has 1 aliphatic rings. The van der Waals surface area contributed by atoms with Crippen LogP contribution >= 0.6 is 0 Å². The molecule has 1 aliphatic heterocycles. The average Bonchev–Trinajstić information content (AvgIpc) is 2.59. The highest BCUT2D eigenvalue weighted by Crippen LogP contribution is 2.25. The molecule has 0 aliphatic carbocycles. The molecule has 1 amide bonds. The van der Waals surface area contributed by atoms with Gasteiger partial charge in [0.1, 0.15) is 0 Å². The molecule has 134 valence electrons. The minimum atomic E-state index is -3.48. The summed E-state index contributed by atoms with van der Waals surface area (Å²) >= 11 is 0. The van der Waals surface area contributed by atoms with Crippen LogP contribution in [0.3, 0.4) is 0 Å². The first kappa shape index (κ1) is 18.9. The van der Waals surface area contributed by atoms with E-state index in [0.29, 0.717) is 18.7 Å². The van der Waals surface area contributed by atoms with E-state index in [1.54, 1.807) is 16.4 Å². The number of hydrogen-bond donors (Lipinski definition) is 1. The van der Waals surface area contributed by atoms with Crippen LogP contribution in [0.5, 0.6) is 0 Å². The van der Waals surface area contributed by atoms with Gasteiger partial charge in [-0.3, -0.25) is 4.79 Å². The van der Waals surface area contributed by atoms with Gasteiger partial charge in [-0.1, -0.05) is 26.2 Å². The van der Waals surface area contributed by atoms with E-state index in [0.717, 1.165) is 38.5 Å². The summed E-state index contributed by atoms with van der Waals surface area (Å²) in [4.78, 5) is 12.3. The molecule has 0 saturated carbocycles. The monoisotopic (exact) mass is 352 g/mol. The SMILES string of the molecule is CCCCCNC(=O)c1ccc(S(=O)(=O)N2CCCC[C@@H]2C)cc1. The predicted octanol–water partition coefficient (Wildman–Crippen LogP) is 3.17. The number of carbonyl (C=O) groups excluding carboxylic acids is 1. The summed E-state index contributed by atoms with van der Waals surface area (Å²) in [6.45, 7) is 5.29. The van der Waals surface area contributed by atoms with Crippen LogP contribution in [0, 0.1) is 0 Å². The molecule has 5 nitrogen and oxygen atoms in total. The van der Waals surface area contributed by atoms with Gasteiger partial charge in [0.2, 0.25) is 10.0 Å². The second-order valence-corrected chi connectivity index (χ2v) is 8.34. The fourth-order valence-electron chi connectivity index (χ4n) is 3.02. The molecular formula is C18H28N2O3S. The molecule has 1 N–H and O–H groups in total. The first-order valence-corrected chi connectivity index (χ1v) is 10.3. The lowest BCUT2D eigenvalue weighted by Gasteiger charge is -2.32. The summed E-state index contributed by atoms with van der Waals surface area (Å²) in [7, 11) is -3.48. The predicted molar refractivity (Wildman–Crippen MR) is 95.5 cm³/mol. The van der Waals surface area contributed by atoms with Gasteiger partial charge in [0, 0.05) is 24.7 Å². The van der Waals surface area contributed by atoms with Crippen molar-refractivity contribution in [3.8, 4) is 0 Å². The van der Waals surface area contributed by atoms with Crippen LogP contribution < -0.4 is 5.32 Å². The van der Waals surface area contributed by atoms with Crippen LogP contribution in [0.15, 0.2) is 29.2 Å². The van der Waals surface area contributed by atoms with Crippen LogP contribution in [-0.4, -0.2) is 37.8 Å². The average molecular weight is 353 g/mol. The van der Waals surface area contributed by atoms with E-state index in [9.17, 15) is 13.2 Å². The van der Waals surface area contributed by atoms with E-state index < -0.39 is 10.0 Å². The van der Waals surface area contributed by atoms with Crippen molar-refractivity contribution in [3.05, 3.63) is 29.8 Å². The van der Waals surface area contributed by atoms with Crippen molar-refractivity contribution >= 4 is 15.9 Å². The number of nitrogens with one attached hydrogen (secondary N) is 1. The third kappa shape index (κ3) is 4.57. The zero-order chi connectivity index (χ0) is 17.6. The standard InChI is InChI=1S/C18H28N2O3S/c1-3-4-6-13-19-18(21)16-9-11-17(12-10-16)24(22,23)20-14-7-5-8-15(20)2/h9-12,15H,3-8,13-14H2,1-2H3,(H,19,21)/t15-/m0/s1. The van der Waals surface area contributed by atoms with Crippen LogP contribution in [0.25, 0.3) is 0 Å². The number of nitrogens with zero attached hydrogens (tertiary/aromatic N) is 1. The van der Waals surface area contributed by atoms with Gasteiger partial charge < -0.3 is 5.32 Å². The van der Waals surface area contributed by atoms with Crippen molar-refractivity contribution in [2.75, 3.05) is 13.1 Å². The molecule has 1 heterocycles. The zero-order valence-corrected chi connectivity index (χ0v) is 15.4. The highest BCUT2D eigenvalue weighted by atomic mass is 32.2. The topological polar surface area (TPSA) is 66.5 Å². The van der Waals surface area contributed by atoms with Crippen molar-refractivity contribution in [1.29, 1.82) is 0 Å². The van der Waals surface area contributed by atoms with Crippen LogP contribution in [0.4, 0.5) is 0 Å². The molecular weight excluding hydrogens is 324 g/mol. The number of piperidine rings is 1. The lowest BCUT2D eigenvalue weighted by molar-refractivity contribution is 0.0953. The van der Waals surface area contributed by atoms with Gasteiger partial charge in [0.05, 0.1) is 4.90 Å². The molecule has 1 atom stereocenters. The van der Waals surface area contributed by atoms with Gasteiger partial charge in [-0.05, 0) is 50.5 Å². The van der Waals surface area contributed by atoms with Crippen molar-refractivity contribution in [2.45, 2.75) is 63.3 Å². The van der Waals surface area contributed by atoms with Crippen molar-refractivity contribution in [1.82, 2.24) is 9.62 Å². The summed E-state index contributed by atoms with van der Waals surface area (Å²) in [5, 5.41) is 2.86. The van der Waals surface area contributed by atoms with E-state index in [2.05, 4.69) is 12.2 Å². The summed E-state index contributed by atoms with van der Waals surface area (Å²) in [5.41, 5.74) is 0.497. The Balaban J connectivity index is 2.04. The molecule has 0 bridgehead atoms. The zero-order valence-electron chi connectivity index (χ0n) is 14.6. The maximum atomic E-state index is 12.7. The molecule has 1 fully saturated rings. The van der Waals surface area contributed by atoms with Gasteiger partial charge in [0.25, 0.3) is 5.91 Å². The van der Waals surface area contributed by atoms with E-state index in [1.807, 2.05) is 6.92 Å². The number of unbranched alkanes of at least 4 members (excludes halogenated alkanes) is 2. The Morgan fingerprint density at radius 3 is 2.54 bits per heavy atom. The number of amides is 1. The van der Waals surface area contributed by atoms with Gasteiger partial charge in [0.15, 0.2) is 0 Å². The Bertz CT molecular complexity index is 641. The largest absolute Gasteiger partial charge is 0.352 e. The highest BCUT2D eigenvalue weighted by Gasteiger charge is 2.30. The fourth-order valence-corrected chi connectivity index (χ4v) is 4.72. The summed E-state index contributed by atoms with van der Waals surface area (Å²) < 4.78 is 27.1. The van der Waals surface area contributed by atoms with Crippen molar-refractivity contribution in [2.24, 2.45) is 0 Å². The molecule has 6 heteroatoms. The number of benzene rings is 1. The van der Waals surface area contributed by atoms with Crippen LogP contribution in [0.1, 0.15) is 62.7 Å². The number of sulfonamides is 1. The van der Waals surface area contributed by atoms with Crippen molar-refractivity contribution < 1.29 is 13.2 Å². The molecule has 2 rings (SSSR count). The number of hydrogen-bond acceptors (Lipinski definition) is 3. The van der Waals surface area contributed by atoms with Crippen molar-refractivity contribution in [3.63, 3.8) is 0 Å². The maximum absolute atomic E-state index is 12.7. The van der Waals surface area contributed by atoms with Crippen LogP contribution in [0.2, 0.25) is 0 Å². The third-order valence-electron chi connectivity index (χ3n) is 4.53. The fraction of sp³-hybridized carbons (Fsp3) is 0.611. The smallest absolute Gasteiger partial charge is 0.251 e. The third-order valence-corrected chi connectivity index (χ3v) is 6.56. The molecule has 1 aromatic carbocycles. The Morgan fingerprint density at radius 2 is 1.92 bits per heavy atom. The minimum Gasteiger partial charge on any atom is -0.352 e. The summed E-state index contributed by atoms with van der Waals surface area (Å²) in [6, 6.07) is 6.30. The molecule has 0 radical (unpaired) electrons. The lowest BCUT2D eigenvalue weighted by Crippen LogP contribution is -2.41. The minimum absolute atomic E-state index is 0.0327. The van der Waals surface area contributed by atoms with E-state index in [1.165, 1.54) is 12.1 Å². The maximum Gasteiger partial charge on any atom is 0.251 e. The first-order chi connectivity index (χ1) is 11.5. The Morgan fingerprint density at radius 1 is 1.21 bits per heavy atom. The van der Waals surface area contributed by atoms with Crippen LogP contribution in [-0.2, 0) is 10.0 Å². The van der Waals surface area contributed by atoms with Gasteiger partial charge in [-0.15, -0.1) is 0 Å². The quantitative estimate of drug-likeness (QED) is 0.767. The number of rotatable bonds is 7. The first-order valence-electron chi connectivity index (χ1n) is 8.87. The molecule has 24 heavy (non-hydrogen) atoms. The Hall–Kier alpha value is -1.40. The molecule has 1 aromatic rings. The second kappa shape index (κ2) is 8.62. The van der Waals surface area contributed by atoms with E-state index in [4.69, 9.17) is 0 Å². The highest BCUT2D eigenvalue weighted by molar-refractivity contribution is 7.89. The van der Waals surface area contributed by atoms with E-state index >= 15 is 0 Å². The molecule has 0 aromatic heterocycles. The van der Waals surface area contributed by atoms with Gasteiger partial charge in [-0.25, -0.2) is 8.42 Å². The molecule has 1 saturated heterocycles.